The molecule has 6 heteroatoms. The van der Waals surface area contributed by atoms with E-state index in [9.17, 15) is 0 Å². The lowest BCUT2D eigenvalue weighted by Crippen LogP contribution is -2.52. The normalized spacial score (nSPS) is 15.4. The fourth-order valence-corrected chi connectivity index (χ4v) is 3.35. The summed E-state index contributed by atoms with van der Waals surface area (Å²) in [5.41, 5.74) is 4.12. The first-order chi connectivity index (χ1) is 12.7. The summed E-state index contributed by atoms with van der Waals surface area (Å²) in [6.45, 7) is 13.1. The van der Waals surface area contributed by atoms with Gasteiger partial charge in [0.25, 0.3) is 0 Å². The number of piperazine rings is 1. The van der Waals surface area contributed by atoms with Crippen LogP contribution in [0.5, 0.6) is 0 Å². The minimum atomic E-state index is 0.760. The van der Waals surface area contributed by atoms with Crippen molar-refractivity contribution in [2.75, 3.05) is 44.2 Å². The highest BCUT2D eigenvalue weighted by atomic mass is 15.3. The molecule has 1 aliphatic heterocycles. The van der Waals surface area contributed by atoms with E-state index >= 15 is 0 Å². The van der Waals surface area contributed by atoms with Crippen LogP contribution in [0.2, 0.25) is 0 Å². The average Bonchev–Trinajstić information content (AvgIpc) is 3.17. The van der Waals surface area contributed by atoms with Gasteiger partial charge in [-0.3, -0.25) is 4.99 Å². The molecule has 6 nitrogen and oxygen atoms in total. The van der Waals surface area contributed by atoms with E-state index in [0.717, 1.165) is 51.8 Å². The van der Waals surface area contributed by atoms with Gasteiger partial charge in [0, 0.05) is 57.3 Å². The summed E-state index contributed by atoms with van der Waals surface area (Å²) in [6, 6.07) is 6.58. The Morgan fingerprint density at radius 3 is 2.69 bits per heavy atom. The van der Waals surface area contributed by atoms with E-state index in [1.54, 1.807) is 6.20 Å². The van der Waals surface area contributed by atoms with Crippen molar-refractivity contribution in [2.24, 2.45) is 4.99 Å². The number of anilines is 1. The van der Waals surface area contributed by atoms with Crippen molar-refractivity contribution in [3.05, 3.63) is 48.0 Å². The fourth-order valence-electron chi connectivity index (χ4n) is 3.35. The maximum atomic E-state index is 4.81. The first-order valence-electron chi connectivity index (χ1n) is 9.49. The van der Waals surface area contributed by atoms with Gasteiger partial charge in [0.15, 0.2) is 5.96 Å². The molecular formula is C20H30N6. The predicted octanol–water partition coefficient (Wildman–Crippen LogP) is 2.29. The number of aryl methyl sites for hydroxylation is 1. The first-order valence-corrected chi connectivity index (χ1v) is 9.49. The highest BCUT2D eigenvalue weighted by Gasteiger charge is 2.20. The highest BCUT2D eigenvalue weighted by molar-refractivity contribution is 5.80. The average molecular weight is 355 g/mol. The number of guanidine groups is 1. The molecule has 0 bridgehead atoms. The van der Waals surface area contributed by atoms with Crippen LogP contribution in [0.4, 0.5) is 5.69 Å². The van der Waals surface area contributed by atoms with Crippen molar-refractivity contribution in [1.82, 2.24) is 19.8 Å². The molecular weight excluding hydrogens is 324 g/mol. The van der Waals surface area contributed by atoms with Crippen LogP contribution in [0.15, 0.2) is 41.9 Å². The number of nitrogens with one attached hydrogen (secondary N) is 1. The topological polar surface area (TPSA) is 48.7 Å². The van der Waals surface area contributed by atoms with Crippen molar-refractivity contribution in [2.45, 2.75) is 27.3 Å². The van der Waals surface area contributed by atoms with Crippen LogP contribution in [0.1, 0.15) is 18.1 Å². The van der Waals surface area contributed by atoms with Gasteiger partial charge in [-0.1, -0.05) is 12.1 Å². The number of aliphatic imine (C=N–C) groups is 1. The second-order valence-electron chi connectivity index (χ2n) is 6.73. The molecule has 1 N–H and O–H groups in total. The van der Waals surface area contributed by atoms with Crippen LogP contribution in [0, 0.1) is 13.8 Å². The van der Waals surface area contributed by atoms with Crippen LogP contribution in [0.25, 0.3) is 0 Å². The molecule has 2 heterocycles. The van der Waals surface area contributed by atoms with Crippen LogP contribution in [0.3, 0.4) is 0 Å². The quantitative estimate of drug-likeness (QED) is 0.661. The van der Waals surface area contributed by atoms with Crippen molar-refractivity contribution in [3.63, 3.8) is 0 Å². The Balaban J connectivity index is 1.59. The largest absolute Gasteiger partial charge is 0.368 e. The lowest BCUT2D eigenvalue weighted by molar-refractivity contribution is 0.372. The molecule has 3 rings (SSSR count). The van der Waals surface area contributed by atoms with Crippen LogP contribution >= 0.6 is 0 Å². The third-order valence-corrected chi connectivity index (χ3v) is 5.01. The second kappa shape index (κ2) is 8.74. The number of rotatable bonds is 5. The van der Waals surface area contributed by atoms with E-state index in [-0.39, 0.29) is 0 Å². The van der Waals surface area contributed by atoms with Crippen molar-refractivity contribution in [1.29, 1.82) is 0 Å². The molecule has 1 aromatic carbocycles. The molecule has 1 fully saturated rings. The monoisotopic (exact) mass is 354 g/mol. The summed E-state index contributed by atoms with van der Waals surface area (Å²) < 4.78 is 2.06. The molecule has 0 amide bonds. The number of hydrogen-bond acceptors (Lipinski definition) is 3. The lowest BCUT2D eigenvalue weighted by atomic mass is 10.1. The van der Waals surface area contributed by atoms with Gasteiger partial charge in [-0.2, -0.15) is 0 Å². The number of hydrogen-bond donors (Lipinski definition) is 1. The Bertz CT molecular complexity index is 714. The van der Waals surface area contributed by atoms with Gasteiger partial charge in [-0.05, 0) is 38.0 Å². The van der Waals surface area contributed by atoms with E-state index < -0.39 is 0 Å². The maximum absolute atomic E-state index is 4.81. The van der Waals surface area contributed by atoms with E-state index in [1.807, 2.05) is 12.5 Å². The summed E-state index contributed by atoms with van der Waals surface area (Å²) in [4.78, 5) is 13.8. The van der Waals surface area contributed by atoms with Gasteiger partial charge < -0.3 is 19.7 Å². The summed E-state index contributed by atoms with van der Waals surface area (Å²) in [5, 5.41) is 3.44. The third-order valence-electron chi connectivity index (χ3n) is 5.01. The molecule has 1 aliphatic rings. The Morgan fingerprint density at radius 1 is 1.19 bits per heavy atom. The number of aromatic nitrogens is 2. The predicted molar refractivity (Wildman–Crippen MR) is 108 cm³/mol. The van der Waals surface area contributed by atoms with Crippen LogP contribution < -0.4 is 10.2 Å². The SMILES string of the molecule is CCNC(=NCCn1ccnc1)N1CCN(c2cccc(C)c2C)CC1. The minimum absolute atomic E-state index is 0.760. The zero-order valence-electron chi connectivity index (χ0n) is 16.1. The molecule has 0 radical (unpaired) electrons. The molecule has 1 saturated heterocycles. The third kappa shape index (κ3) is 4.36. The van der Waals surface area contributed by atoms with E-state index in [1.165, 1.54) is 16.8 Å². The molecule has 1 aromatic heterocycles. The van der Waals surface area contributed by atoms with E-state index in [2.05, 4.69) is 63.6 Å². The summed E-state index contributed by atoms with van der Waals surface area (Å²) in [7, 11) is 0. The number of imidazole rings is 1. The summed E-state index contributed by atoms with van der Waals surface area (Å²) >= 11 is 0. The molecule has 0 unspecified atom stereocenters. The van der Waals surface area contributed by atoms with Gasteiger partial charge in [0.05, 0.1) is 12.9 Å². The zero-order chi connectivity index (χ0) is 18.4. The van der Waals surface area contributed by atoms with Crippen molar-refractivity contribution < 1.29 is 0 Å². The van der Waals surface area contributed by atoms with Crippen molar-refractivity contribution >= 4 is 11.6 Å². The van der Waals surface area contributed by atoms with Gasteiger partial charge in [0.1, 0.15) is 0 Å². The van der Waals surface area contributed by atoms with Gasteiger partial charge in [0.2, 0.25) is 0 Å². The maximum Gasteiger partial charge on any atom is 0.194 e. The Kier molecular flexibility index (Phi) is 6.15. The minimum Gasteiger partial charge on any atom is -0.368 e. The van der Waals surface area contributed by atoms with Crippen LogP contribution in [-0.2, 0) is 6.54 Å². The van der Waals surface area contributed by atoms with Crippen LogP contribution in [-0.4, -0.2) is 59.7 Å². The molecule has 26 heavy (non-hydrogen) atoms. The first kappa shape index (κ1) is 18.3. The molecule has 0 saturated carbocycles. The Morgan fingerprint density at radius 2 is 2.00 bits per heavy atom. The van der Waals surface area contributed by atoms with Gasteiger partial charge in [-0.15, -0.1) is 0 Å². The molecule has 0 aliphatic carbocycles. The molecule has 2 aromatic rings. The van der Waals surface area contributed by atoms with E-state index in [4.69, 9.17) is 4.99 Å². The van der Waals surface area contributed by atoms with E-state index in [0.29, 0.717) is 0 Å². The fraction of sp³-hybridized carbons (Fsp3) is 0.500. The van der Waals surface area contributed by atoms with Gasteiger partial charge >= 0.3 is 0 Å². The molecule has 140 valence electrons. The van der Waals surface area contributed by atoms with Gasteiger partial charge in [-0.25, -0.2) is 4.98 Å². The summed E-state index contributed by atoms with van der Waals surface area (Å²) in [6.07, 6.45) is 5.62. The smallest absolute Gasteiger partial charge is 0.194 e. The molecule has 0 atom stereocenters. The summed E-state index contributed by atoms with van der Waals surface area (Å²) in [5.74, 6) is 1.02. The Hall–Kier alpha value is -2.50. The van der Waals surface area contributed by atoms with Crippen molar-refractivity contribution in [3.8, 4) is 0 Å². The second-order valence-corrected chi connectivity index (χ2v) is 6.73. The number of benzene rings is 1. The zero-order valence-corrected chi connectivity index (χ0v) is 16.1. The standard InChI is InChI=1S/C20H30N6/c1-4-22-20(23-9-11-24-10-8-21-16-24)26-14-12-25(13-15-26)19-7-5-6-17(2)18(19)3/h5-8,10,16H,4,9,11-15H2,1-3H3,(H,22,23). The number of nitrogens with zero attached hydrogens (tertiary/aromatic N) is 5. The molecule has 0 spiro atoms. The lowest BCUT2D eigenvalue weighted by Gasteiger charge is -2.38. The Labute approximate surface area is 156 Å². The highest BCUT2D eigenvalue weighted by Crippen LogP contribution is 2.23.